The molecule has 0 saturated carbocycles. The molecule has 1 aliphatic heterocycles. The molecule has 2 heterocycles. The highest BCUT2D eigenvalue weighted by atomic mass is 16.5. The van der Waals surface area contributed by atoms with Crippen molar-refractivity contribution in [2.24, 2.45) is 12.8 Å². The summed E-state index contributed by atoms with van der Waals surface area (Å²) in [4.78, 5) is 41.2. The number of amides is 1. The van der Waals surface area contributed by atoms with Crippen LogP contribution < -0.4 is 15.2 Å². The number of carbonyl (C=O) groups is 3. The molecule has 3 aromatic rings. The van der Waals surface area contributed by atoms with Gasteiger partial charge in [0.05, 0.1) is 24.6 Å². The molecule has 10 nitrogen and oxygen atoms in total. The lowest BCUT2D eigenvalue weighted by Crippen LogP contribution is -2.59. The summed E-state index contributed by atoms with van der Waals surface area (Å²) >= 11 is 0. The standard InChI is InChI=1S/C30H38N4O6/c1-20-24(25-18-23(38-5)10-11-26(25)32(20)4)19-27(35)40-22-8-6-21(7-9-22)28(36)39-17-16-33-12-14-34(15-13-33)30(2,3)29(31)37/h6-11,18H,12-17,19H2,1-5H3,(H2,31,37). The largest absolute Gasteiger partial charge is 0.497 e. The average molecular weight is 551 g/mol. The van der Waals surface area contributed by atoms with Crippen LogP contribution in [0.25, 0.3) is 10.9 Å². The third-order valence-corrected chi connectivity index (χ3v) is 7.88. The molecule has 0 atom stereocenters. The quantitative estimate of drug-likeness (QED) is 0.303. The fourth-order valence-corrected chi connectivity index (χ4v) is 4.99. The first-order valence-electron chi connectivity index (χ1n) is 13.4. The third kappa shape index (κ3) is 6.29. The van der Waals surface area contributed by atoms with Crippen LogP contribution in [0, 0.1) is 6.92 Å². The number of hydrogen-bond donors (Lipinski definition) is 1. The molecule has 0 spiro atoms. The van der Waals surface area contributed by atoms with Crippen LogP contribution in [0.4, 0.5) is 0 Å². The molecule has 1 fully saturated rings. The van der Waals surface area contributed by atoms with Crippen molar-refractivity contribution in [1.29, 1.82) is 0 Å². The highest BCUT2D eigenvalue weighted by molar-refractivity contribution is 5.91. The van der Waals surface area contributed by atoms with E-state index in [9.17, 15) is 14.4 Å². The smallest absolute Gasteiger partial charge is 0.338 e. The minimum absolute atomic E-state index is 0.106. The van der Waals surface area contributed by atoms with Crippen LogP contribution in [0.3, 0.4) is 0 Å². The normalized spacial score (nSPS) is 14.7. The number of hydrogen-bond acceptors (Lipinski definition) is 8. The Morgan fingerprint density at radius 1 is 0.975 bits per heavy atom. The number of primary amides is 1. The predicted octanol–water partition coefficient (Wildman–Crippen LogP) is 2.68. The zero-order valence-corrected chi connectivity index (χ0v) is 23.9. The number of esters is 2. The second-order valence-corrected chi connectivity index (χ2v) is 10.6. The van der Waals surface area contributed by atoms with Crippen LogP contribution in [-0.2, 0) is 27.8 Å². The molecule has 40 heavy (non-hydrogen) atoms. The van der Waals surface area contributed by atoms with E-state index in [1.807, 2.05) is 50.6 Å². The molecule has 0 radical (unpaired) electrons. The molecule has 2 aromatic carbocycles. The lowest BCUT2D eigenvalue weighted by molar-refractivity contribution is -0.133. The third-order valence-electron chi connectivity index (χ3n) is 7.88. The fourth-order valence-electron chi connectivity index (χ4n) is 4.99. The van der Waals surface area contributed by atoms with E-state index < -0.39 is 17.5 Å². The van der Waals surface area contributed by atoms with Gasteiger partial charge in [0.15, 0.2) is 0 Å². The van der Waals surface area contributed by atoms with Crippen LogP contribution in [0.5, 0.6) is 11.5 Å². The van der Waals surface area contributed by atoms with Gasteiger partial charge in [-0.25, -0.2) is 4.79 Å². The molecule has 0 aliphatic carbocycles. The van der Waals surface area contributed by atoms with Crippen LogP contribution in [0.15, 0.2) is 42.5 Å². The van der Waals surface area contributed by atoms with E-state index in [1.54, 1.807) is 31.4 Å². The zero-order valence-electron chi connectivity index (χ0n) is 23.9. The molecule has 1 saturated heterocycles. The molecule has 10 heteroatoms. The molecule has 214 valence electrons. The van der Waals surface area contributed by atoms with Gasteiger partial charge in [0.25, 0.3) is 0 Å². The molecule has 1 aromatic heterocycles. The van der Waals surface area contributed by atoms with Gasteiger partial charge >= 0.3 is 11.9 Å². The topological polar surface area (TPSA) is 116 Å². The number of rotatable bonds is 10. The molecular formula is C30H38N4O6. The molecule has 0 bridgehead atoms. The summed E-state index contributed by atoms with van der Waals surface area (Å²) in [6.45, 7) is 9.47. The molecule has 1 aliphatic rings. The Bertz CT molecular complexity index is 1390. The Morgan fingerprint density at radius 2 is 1.62 bits per heavy atom. The average Bonchev–Trinajstić information content (AvgIpc) is 3.17. The fraction of sp³-hybridized carbons (Fsp3) is 0.433. The van der Waals surface area contributed by atoms with Gasteiger partial charge in [-0.05, 0) is 68.8 Å². The van der Waals surface area contributed by atoms with Gasteiger partial charge in [-0.2, -0.15) is 0 Å². The number of benzene rings is 2. The first-order valence-corrected chi connectivity index (χ1v) is 13.4. The zero-order chi connectivity index (χ0) is 29.0. The highest BCUT2D eigenvalue weighted by Crippen LogP contribution is 2.29. The van der Waals surface area contributed by atoms with Crippen LogP contribution in [0.1, 0.15) is 35.5 Å². The first-order chi connectivity index (χ1) is 19.0. The van der Waals surface area contributed by atoms with Gasteiger partial charge in [-0.15, -0.1) is 0 Å². The number of nitrogens with zero attached hydrogens (tertiary/aromatic N) is 3. The Kier molecular flexibility index (Phi) is 8.80. The molecular weight excluding hydrogens is 512 g/mol. The SMILES string of the molecule is COc1ccc2c(c1)c(CC(=O)Oc1ccc(C(=O)OCCN3CCN(C(C)(C)C(N)=O)CC3)cc1)c(C)n2C. The maximum Gasteiger partial charge on any atom is 0.338 e. The summed E-state index contributed by atoms with van der Waals surface area (Å²) in [7, 11) is 3.58. The highest BCUT2D eigenvalue weighted by Gasteiger charge is 2.34. The minimum Gasteiger partial charge on any atom is -0.497 e. The summed E-state index contributed by atoms with van der Waals surface area (Å²) < 4.78 is 18.4. The van der Waals surface area contributed by atoms with E-state index >= 15 is 0 Å². The number of aromatic nitrogens is 1. The van der Waals surface area contributed by atoms with E-state index in [0.29, 0.717) is 17.9 Å². The number of aryl methyl sites for hydroxylation is 1. The monoisotopic (exact) mass is 550 g/mol. The summed E-state index contributed by atoms with van der Waals surface area (Å²) in [6.07, 6.45) is 0.106. The maximum atomic E-state index is 12.8. The maximum absolute atomic E-state index is 12.8. The number of carbonyl (C=O) groups excluding carboxylic acids is 3. The molecule has 2 N–H and O–H groups in total. The van der Waals surface area contributed by atoms with Crippen molar-refractivity contribution in [3.8, 4) is 11.5 Å². The van der Waals surface area contributed by atoms with Crippen LogP contribution in [-0.4, -0.2) is 84.2 Å². The molecule has 1 amide bonds. The van der Waals surface area contributed by atoms with Crippen molar-refractivity contribution in [3.63, 3.8) is 0 Å². The van der Waals surface area contributed by atoms with Crippen molar-refractivity contribution in [2.75, 3.05) is 46.4 Å². The second kappa shape index (κ2) is 12.1. The summed E-state index contributed by atoms with van der Waals surface area (Å²) in [5.74, 6) is -0.0906. The van der Waals surface area contributed by atoms with Gasteiger partial charge in [0.1, 0.15) is 18.1 Å². The Morgan fingerprint density at radius 3 is 2.25 bits per heavy atom. The van der Waals surface area contributed by atoms with Crippen molar-refractivity contribution in [3.05, 3.63) is 59.3 Å². The number of fused-ring (bicyclic) bond motifs is 1. The summed E-state index contributed by atoms with van der Waals surface area (Å²) in [5.41, 5.74) is 8.10. The van der Waals surface area contributed by atoms with Crippen molar-refractivity contribution in [1.82, 2.24) is 14.4 Å². The number of piperazine rings is 1. The van der Waals surface area contributed by atoms with E-state index in [1.165, 1.54) is 0 Å². The predicted molar refractivity (Wildman–Crippen MR) is 152 cm³/mol. The second-order valence-electron chi connectivity index (χ2n) is 10.6. The molecule has 0 unspecified atom stereocenters. The first kappa shape index (κ1) is 29.1. The van der Waals surface area contributed by atoms with Crippen molar-refractivity contribution < 1.29 is 28.6 Å². The van der Waals surface area contributed by atoms with Gasteiger partial charge in [-0.1, -0.05) is 0 Å². The minimum atomic E-state index is -0.679. The van der Waals surface area contributed by atoms with Crippen LogP contribution >= 0.6 is 0 Å². The lowest BCUT2D eigenvalue weighted by atomic mass is 10.0. The summed E-state index contributed by atoms with van der Waals surface area (Å²) in [5, 5.41) is 0.950. The van der Waals surface area contributed by atoms with Crippen molar-refractivity contribution >= 4 is 28.7 Å². The number of nitrogens with two attached hydrogens (primary N) is 1. The summed E-state index contributed by atoms with van der Waals surface area (Å²) in [6, 6.07) is 12.1. The van der Waals surface area contributed by atoms with E-state index in [-0.39, 0.29) is 18.9 Å². The van der Waals surface area contributed by atoms with E-state index in [4.69, 9.17) is 19.9 Å². The van der Waals surface area contributed by atoms with Gasteiger partial charge < -0.3 is 24.5 Å². The number of ether oxygens (including phenoxy) is 3. The van der Waals surface area contributed by atoms with Gasteiger partial charge in [0, 0.05) is 56.4 Å². The Balaban J connectivity index is 1.26. The number of methoxy groups -OCH3 is 1. The lowest BCUT2D eigenvalue weighted by Gasteiger charge is -2.42. The Labute approximate surface area is 234 Å². The van der Waals surface area contributed by atoms with Crippen molar-refractivity contribution in [2.45, 2.75) is 32.7 Å². The molecule has 4 rings (SSSR count). The van der Waals surface area contributed by atoms with E-state index in [0.717, 1.165) is 54.1 Å². The van der Waals surface area contributed by atoms with Crippen LogP contribution in [0.2, 0.25) is 0 Å². The van der Waals surface area contributed by atoms with E-state index in [2.05, 4.69) is 9.80 Å². The van der Waals surface area contributed by atoms with Gasteiger partial charge in [0.2, 0.25) is 5.91 Å². The Hall–Kier alpha value is -3.89. The van der Waals surface area contributed by atoms with Gasteiger partial charge in [-0.3, -0.25) is 19.4 Å².